The van der Waals surface area contributed by atoms with E-state index in [0.29, 0.717) is 5.69 Å². The van der Waals surface area contributed by atoms with E-state index in [1.165, 1.54) is 16.8 Å². The lowest BCUT2D eigenvalue weighted by molar-refractivity contribution is 0.0761. The van der Waals surface area contributed by atoms with E-state index in [1.807, 2.05) is 18.1 Å². The van der Waals surface area contributed by atoms with Crippen molar-refractivity contribution in [2.45, 2.75) is 26.3 Å². The average Bonchev–Trinajstić information content (AvgIpc) is 3.41. The van der Waals surface area contributed by atoms with Crippen LogP contribution in [0.4, 0.5) is 0 Å². The molecule has 1 unspecified atom stereocenters. The summed E-state index contributed by atoms with van der Waals surface area (Å²) in [4.78, 5) is 19.5. The molecule has 2 aromatic heterocycles. The monoisotopic (exact) mass is 361 g/mol. The fraction of sp³-hybridized carbons (Fsp3) is 0.381. The van der Waals surface area contributed by atoms with E-state index in [2.05, 4.69) is 40.9 Å². The lowest BCUT2D eigenvalue weighted by Gasteiger charge is -2.23. The average molecular weight is 361 g/mol. The number of hydrogen-bond acceptors (Lipinski definition) is 3. The molecule has 1 amide bonds. The van der Waals surface area contributed by atoms with Crippen molar-refractivity contribution < 1.29 is 4.79 Å². The van der Waals surface area contributed by atoms with Crippen molar-refractivity contribution in [2.75, 3.05) is 13.1 Å². The molecule has 1 fully saturated rings. The van der Waals surface area contributed by atoms with Gasteiger partial charge in [-0.25, -0.2) is 4.98 Å². The zero-order valence-electron chi connectivity index (χ0n) is 15.7. The van der Waals surface area contributed by atoms with Crippen molar-refractivity contribution in [2.24, 2.45) is 12.5 Å². The van der Waals surface area contributed by atoms with Crippen LogP contribution in [0.5, 0.6) is 0 Å². The normalized spacial score (nSPS) is 21.2. The Labute approximate surface area is 158 Å². The summed E-state index contributed by atoms with van der Waals surface area (Å²) in [7, 11) is 1.82. The van der Waals surface area contributed by atoms with E-state index < -0.39 is 0 Å². The molecule has 4 heterocycles. The third kappa shape index (κ3) is 2.59. The van der Waals surface area contributed by atoms with Crippen molar-refractivity contribution in [3.8, 4) is 11.3 Å². The Balaban J connectivity index is 1.38. The number of aromatic nitrogens is 4. The molecule has 5 rings (SSSR count). The summed E-state index contributed by atoms with van der Waals surface area (Å²) in [5.74, 6) is 1.22. The van der Waals surface area contributed by atoms with Crippen LogP contribution in [0, 0.1) is 12.3 Å². The minimum atomic E-state index is 0.0789. The van der Waals surface area contributed by atoms with Gasteiger partial charge >= 0.3 is 0 Å². The van der Waals surface area contributed by atoms with E-state index in [9.17, 15) is 4.79 Å². The van der Waals surface area contributed by atoms with Crippen LogP contribution in [0.25, 0.3) is 11.3 Å². The molecular weight excluding hydrogens is 338 g/mol. The van der Waals surface area contributed by atoms with Crippen molar-refractivity contribution >= 4 is 5.91 Å². The number of rotatable bonds is 2. The van der Waals surface area contributed by atoms with Gasteiger partial charge in [-0.15, -0.1) is 0 Å². The fourth-order valence-electron chi connectivity index (χ4n) is 4.54. The van der Waals surface area contributed by atoms with Gasteiger partial charge in [0.2, 0.25) is 0 Å². The Morgan fingerprint density at radius 2 is 1.96 bits per heavy atom. The number of nitrogens with zero attached hydrogens (tertiary/aromatic N) is 5. The minimum absolute atomic E-state index is 0.0789. The number of fused-ring (bicyclic) bond motifs is 1. The van der Waals surface area contributed by atoms with Gasteiger partial charge in [-0.2, -0.15) is 5.10 Å². The summed E-state index contributed by atoms with van der Waals surface area (Å²) in [6.07, 6.45) is 5.62. The zero-order chi connectivity index (χ0) is 18.6. The van der Waals surface area contributed by atoms with Crippen molar-refractivity contribution in [3.05, 3.63) is 59.8 Å². The number of hydrogen-bond donors (Lipinski definition) is 0. The van der Waals surface area contributed by atoms with E-state index in [0.717, 1.165) is 38.3 Å². The van der Waals surface area contributed by atoms with Gasteiger partial charge in [0.05, 0.1) is 11.9 Å². The van der Waals surface area contributed by atoms with Crippen LogP contribution < -0.4 is 0 Å². The Bertz CT molecular complexity index is 1020. The molecule has 0 saturated carbocycles. The molecule has 6 heteroatoms. The molecule has 138 valence electrons. The van der Waals surface area contributed by atoms with Gasteiger partial charge in [0, 0.05) is 44.7 Å². The van der Waals surface area contributed by atoms with Crippen LogP contribution in [-0.2, 0) is 20.0 Å². The van der Waals surface area contributed by atoms with Gasteiger partial charge in [-0.3, -0.25) is 9.48 Å². The summed E-state index contributed by atoms with van der Waals surface area (Å²) in [6, 6.07) is 10.4. The molecule has 1 atom stereocenters. The Morgan fingerprint density at radius 1 is 1.15 bits per heavy atom. The number of carbonyl (C=O) groups excluding carboxylic acids is 1. The van der Waals surface area contributed by atoms with Crippen molar-refractivity contribution in [3.63, 3.8) is 0 Å². The van der Waals surface area contributed by atoms with E-state index >= 15 is 0 Å². The third-order valence-corrected chi connectivity index (χ3v) is 6.08. The zero-order valence-corrected chi connectivity index (χ0v) is 15.7. The van der Waals surface area contributed by atoms with Crippen LogP contribution in [0.2, 0.25) is 0 Å². The third-order valence-electron chi connectivity index (χ3n) is 6.08. The maximum atomic E-state index is 12.8. The van der Waals surface area contributed by atoms with Crippen LogP contribution in [0.3, 0.4) is 0 Å². The van der Waals surface area contributed by atoms with Gasteiger partial charge in [0.15, 0.2) is 0 Å². The molecule has 1 saturated heterocycles. The highest BCUT2D eigenvalue weighted by Crippen LogP contribution is 2.42. The number of carbonyl (C=O) groups is 1. The van der Waals surface area contributed by atoms with Crippen molar-refractivity contribution in [1.29, 1.82) is 0 Å². The minimum Gasteiger partial charge on any atom is -0.337 e. The second-order valence-electron chi connectivity index (χ2n) is 8.01. The molecule has 1 spiro atoms. The number of amides is 1. The Kier molecular flexibility index (Phi) is 3.50. The Morgan fingerprint density at radius 3 is 2.70 bits per heavy atom. The fourth-order valence-corrected chi connectivity index (χ4v) is 4.54. The molecule has 2 aliphatic heterocycles. The van der Waals surface area contributed by atoms with E-state index in [1.54, 1.807) is 16.9 Å². The quantitative estimate of drug-likeness (QED) is 0.705. The number of likely N-dealkylation sites (tertiary alicyclic amines) is 1. The molecule has 0 N–H and O–H groups in total. The summed E-state index contributed by atoms with van der Waals surface area (Å²) < 4.78 is 4.01. The maximum absolute atomic E-state index is 12.8. The van der Waals surface area contributed by atoms with Gasteiger partial charge in [0.25, 0.3) is 5.91 Å². The first-order valence-corrected chi connectivity index (χ1v) is 9.43. The Hall–Kier alpha value is -2.89. The smallest absolute Gasteiger partial charge is 0.272 e. The lowest BCUT2D eigenvalue weighted by atomic mass is 9.86. The second kappa shape index (κ2) is 5.81. The van der Waals surface area contributed by atoms with Gasteiger partial charge in [-0.05, 0) is 25.0 Å². The molecule has 3 aromatic rings. The van der Waals surface area contributed by atoms with Gasteiger partial charge < -0.3 is 9.47 Å². The lowest BCUT2D eigenvalue weighted by Crippen LogP contribution is -2.34. The molecular formula is C21H23N5O. The van der Waals surface area contributed by atoms with Crippen molar-refractivity contribution in [1.82, 2.24) is 24.2 Å². The summed E-state index contributed by atoms with van der Waals surface area (Å²) in [6.45, 7) is 4.62. The highest BCUT2D eigenvalue weighted by molar-refractivity contribution is 5.92. The standard InChI is InChI=1S/C21H23N5O/c1-15-3-5-16(6-4-15)18-12-22-19-11-21(14-26(18)19)8-10-25(13-21)20(27)17-7-9-23-24(17)2/h3-7,9,12H,8,10-11,13-14H2,1-2H3. The molecule has 0 radical (unpaired) electrons. The first kappa shape index (κ1) is 16.3. The maximum Gasteiger partial charge on any atom is 0.272 e. The van der Waals surface area contributed by atoms with Crippen LogP contribution in [0.1, 0.15) is 28.3 Å². The topological polar surface area (TPSA) is 56.0 Å². The molecule has 6 nitrogen and oxygen atoms in total. The summed E-state index contributed by atoms with van der Waals surface area (Å²) >= 11 is 0. The van der Waals surface area contributed by atoms with E-state index in [-0.39, 0.29) is 11.3 Å². The van der Waals surface area contributed by atoms with Gasteiger partial charge in [0.1, 0.15) is 11.5 Å². The first-order valence-electron chi connectivity index (χ1n) is 9.43. The highest BCUT2D eigenvalue weighted by Gasteiger charge is 2.46. The molecule has 1 aromatic carbocycles. The number of imidazole rings is 1. The molecule has 27 heavy (non-hydrogen) atoms. The highest BCUT2D eigenvalue weighted by atomic mass is 16.2. The van der Waals surface area contributed by atoms with E-state index in [4.69, 9.17) is 4.98 Å². The van der Waals surface area contributed by atoms with Gasteiger partial charge in [-0.1, -0.05) is 29.8 Å². The first-order chi connectivity index (χ1) is 13.0. The van der Waals surface area contributed by atoms with Crippen LogP contribution in [-0.4, -0.2) is 43.2 Å². The predicted molar refractivity (Wildman–Crippen MR) is 102 cm³/mol. The molecule has 2 aliphatic rings. The molecule has 0 aliphatic carbocycles. The predicted octanol–water partition coefficient (Wildman–Crippen LogP) is 2.68. The summed E-state index contributed by atoms with van der Waals surface area (Å²) in [5.41, 5.74) is 4.41. The SMILES string of the molecule is Cc1ccc(-c2cnc3n2CC2(CCN(C(=O)c4ccnn4C)C2)C3)cc1. The second-order valence-corrected chi connectivity index (χ2v) is 8.01. The number of aryl methyl sites for hydroxylation is 2. The summed E-state index contributed by atoms with van der Waals surface area (Å²) in [5, 5.41) is 4.13. The largest absolute Gasteiger partial charge is 0.337 e. The number of benzene rings is 1. The van der Waals surface area contributed by atoms with Crippen LogP contribution in [0.15, 0.2) is 42.7 Å². The molecule has 0 bridgehead atoms. The van der Waals surface area contributed by atoms with Crippen LogP contribution >= 0.6 is 0 Å².